The number of halogens is 1. The van der Waals surface area contributed by atoms with E-state index in [1.54, 1.807) is 0 Å². The molecule has 3 rings (SSSR count). The van der Waals surface area contributed by atoms with Gasteiger partial charge in [0.1, 0.15) is 5.82 Å². The third kappa shape index (κ3) is 2.52. The molecule has 19 heavy (non-hydrogen) atoms. The lowest BCUT2D eigenvalue weighted by atomic mass is 10.1. The lowest BCUT2D eigenvalue weighted by Crippen LogP contribution is -2.37. The van der Waals surface area contributed by atoms with Gasteiger partial charge in [0.25, 0.3) is 0 Å². The summed E-state index contributed by atoms with van der Waals surface area (Å²) < 4.78 is 0. The topological polar surface area (TPSA) is 19.4 Å². The van der Waals surface area contributed by atoms with E-state index in [1.807, 2.05) is 6.20 Å². The molecule has 0 radical (unpaired) electrons. The van der Waals surface area contributed by atoms with Crippen LogP contribution in [0, 0.1) is 6.92 Å². The number of fused-ring (bicyclic) bond motifs is 2. The highest BCUT2D eigenvalue weighted by molar-refractivity contribution is 9.08. The molecule has 2 atom stereocenters. The predicted molar refractivity (Wildman–Crippen MR) is 83.0 cm³/mol. The number of pyridine rings is 1. The maximum Gasteiger partial charge on any atom is 0.131 e. The Balaban J connectivity index is 1.82. The second kappa shape index (κ2) is 5.41. The fraction of sp³-hybridized carbons (Fsp3) is 0.667. The van der Waals surface area contributed by atoms with Crippen LogP contribution in [0.5, 0.6) is 0 Å². The first-order valence-corrected chi connectivity index (χ1v) is 8.29. The number of nitrogens with zero attached hydrogens (tertiary/aromatic N) is 3. The molecule has 1 aromatic heterocycles. The predicted octanol–water partition coefficient (Wildman–Crippen LogP) is 2.96. The number of alkyl halides is 1. The van der Waals surface area contributed by atoms with Crippen molar-refractivity contribution in [3.63, 3.8) is 0 Å². The zero-order valence-electron chi connectivity index (χ0n) is 11.8. The van der Waals surface area contributed by atoms with Crippen molar-refractivity contribution in [3.05, 3.63) is 23.4 Å². The summed E-state index contributed by atoms with van der Waals surface area (Å²) in [5.41, 5.74) is 2.56. The molecule has 2 bridgehead atoms. The Morgan fingerprint density at radius 2 is 2.11 bits per heavy atom. The minimum Gasteiger partial charge on any atom is -0.355 e. The van der Waals surface area contributed by atoms with Gasteiger partial charge in [-0.2, -0.15) is 0 Å². The smallest absolute Gasteiger partial charge is 0.131 e. The molecule has 0 amide bonds. The van der Waals surface area contributed by atoms with Crippen LogP contribution in [0.1, 0.15) is 30.4 Å². The van der Waals surface area contributed by atoms with Crippen LogP contribution in [-0.4, -0.2) is 42.1 Å². The van der Waals surface area contributed by atoms with Crippen LogP contribution in [0.25, 0.3) is 0 Å². The SMILES string of the molecule is Cc1cc(CBr)cnc1N1CCC2CCC(C1)N2C. The van der Waals surface area contributed by atoms with Gasteiger partial charge in [0.2, 0.25) is 0 Å². The van der Waals surface area contributed by atoms with Gasteiger partial charge in [0, 0.05) is 36.7 Å². The van der Waals surface area contributed by atoms with Crippen LogP contribution in [0.4, 0.5) is 5.82 Å². The van der Waals surface area contributed by atoms with Crippen LogP contribution in [0.15, 0.2) is 12.3 Å². The lowest BCUT2D eigenvalue weighted by Gasteiger charge is -2.28. The van der Waals surface area contributed by atoms with Gasteiger partial charge in [0.05, 0.1) is 0 Å². The molecule has 2 aliphatic heterocycles. The summed E-state index contributed by atoms with van der Waals surface area (Å²) in [5.74, 6) is 1.19. The van der Waals surface area contributed by atoms with Crippen molar-refractivity contribution < 1.29 is 0 Å². The molecule has 0 aliphatic carbocycles. The average Bonchev–Trinajstić information content (AvgIpc) is 2.64. The van der Waals surface area contributed by atoms with E-state index in [1.165, 1.54) is 36.2 Å². The Labute approximate surface area is 124 Å². The number of hydrogen-bond donors (Lipinski definition) is 0. The number of hydrogen-bond acceptors (Lipinski definition) is 3. The molecule has 0 N–H and O–H groups in total. The minimum atomic E-state index is 0.713. The highest BCUT2D eigenvalue weighted by Gasteiger charge is 2.35. The zero-order chi connectivity index (χ0) is 13.4. The van der Waals surface area contributed by atoms with Gasteiger partial charge in [0.15, 0.2) is 0 Å². The second-order valence-electron chi connectivity index (χ2n) is 5.90. The number of anilines is 1. The van der Waals surface area contributed by atoms with E-state index < -0.39 is 0 Å². The van der Waals surface area contributed by atoms with E-state index in [2.05, 4.69) is 45.8 Å². The molecular formula is C15H22BrN3. The zero-order valence-corrected chi connectivity index (χ0v) is 13.4. The van der Waals surface area contributed by atoms with E-state index in [-0.39, 0.29) is 0 Å². The molecule has 104 valence electrons. The highest BCUT2D eigenvalue weighted by atomic mass is 79.9. The fourth-order valence-electron chi connectivity index (χ4n) is 3.53. The van der Waals surface area contributed by atoms with Gasteiger partial charge in [-0.05, 0) is 44.4 Å². The summed E-state index contributed by atoms with van der Waals surface area (Å²) >= 11 is 3.50. The molecular weight excluding hydrogens is 302 g/mol. The average molecular weight is 324 g/mol. The standard InChI is InChI=1S/C15H22BrN3/c1-11-7-12(8-16)9-17-15(11)19-6-5-13-3-4-14(10-19)18(13)2/h7,9,13-14H,3-6,8,10H2,1-2H3. The van der Waals surface area contributed by atoms with Gasteiger partial charge in [-0.25, -0.2) is 4.98 Å². The summed E-state index contributed by atoms with van der Waals surface area (Å²) in [7, 11) is 2.29. The van der Waals surface area contributed by atoms with Crippen molar-refractivity contribution in [1.29, 1.82) is 0 Å². The Morgan fingerprint density at radius 3 is 2.84 bits per heavy atom. The van der Waals surface area contributed by atoms with Crippen LogP contribution >= 0.6 is 15.9 Å². The van der Waals surface area contributed by atoms with Crippen LogP contribution in [0.3, 0.4) is 0 Å². The van der Waals surface area contributed by atoms with Crippen molar-refractivity contribution in [1.82, 2.24) is 9.88 Å². The Hall–Kier alpha value is -0.610. The summed E-state index contributed by atoms with van der Waals surface area (Å²) in [6, 6.07) is 3.76. The quantitative estimate of drug-likeness (QED) is 0.780. The van der Waals surface area contributed by atoms with Gasteiger partial charge < -0.3 is 4.90 Å². The molecule has 1 aromatic rings. The molecule has 2 unspecified atom stereocenters. The number of likely N-dealkylation sites (N-methyl/N-ethyl adjacent to an activating group) is 1. The number of aromatic nitrogens is 1. The maximum absolute atomic E-state index is 4.70. The van der Waals surface area contributed by atoms with E-state index in [9.17, 15) is 0 Å². The fourth-order valence-corrected chi connectivity index (χ4v) is 3.84. The largest absolute Gasteiger partial charge is 0.355 e. The minimum absolute atomic E-state index is 0.713. The van der Waals surface area contributed by atoms with Crippen molar-refractivity contribution in [2.75, 3.05) is 25.0 Å². The normalized spacial score (nSPS) is 27.6. The van der Waals surface area contributed by atoms with E-state index in [0.717, 1.165) is 24.5 Å². The number of rotatable bonds is 2. The summed E-state index contributed by atoms with van der Waals surface area (Å²) in [4.78, 5) is 9.78. The van der Waals surface area contributed by atoms with Crippen LogP contribution in [-0.2, 0) is 5.33 Å². The molecule has 2 saturated heterocycles. The van der Waals surface area contributed by atoms with E-state index in [4.69, 9.17) is 4.98 Å². The second-order valence-corrected chi connectivity index (χ2v) is 6.46. The van der Waals surface area contributed by atoms with E-state index in [0.29, 0.717) is 6.04 Å². The monoisotopic (exact) mass is 323 g/mol. The number of aryl methyl sites for hydroxylation is 1. The van der Waals surface area contributed by atoms with Gasteiger partial charge in [-0.15, -0.1) is 0 Å². The van der Waals surface area contributed by atoms with Crippen molar-refractivity contribution >= 4 is 21.7 Å². The first-order chi connectivity index (χ1) is 9.19. The summed E-state index contributed by atoms with van der Waals surface area (Å²) in [6.45, 7) is 4.46. The molecule has 0 aromatic carbocycles. The maximum atomic E-state index is 4.70. The third-order valence-electron chi connectivity index (χ3n) is 4.71. The van der Waals surface area contributed by atoms with Crippen molar-refractivity contribution in [2.45, 2.75) is 43.6 Å². The Kier molecular flexibility index (Phi) is 3.81. The van der Waals surface area contributed by atoms with Gasteiger partial charge >= 0.3 is 0 Å². The molecule has 2 fully saturated rings. The molecule has 0 saturated carbocycles. The molecule has 3 heterocycles. The molecule has 0 spiro atoms. The van der Waals surface area contributed by atoms with Gasteiger partial charge in [-0.1, -0.05) is 22.0 Å². The summed E-state index contributed by atoms with van der Waals surface area (Å²) in [6.07, 6.45) is 6.00. The van der Waals surface area contributed by atoms with Crippen LogP contribution < -0.4 is 4.90 Å². The van der Waals surface area contributed by atoms with Crippen molar-refractivity contribution in [2.24, 2.45) is 0 Å². The first kappa shape index (κ1) is 13.4. The Bertz CT molecular complexity index is 463. The molecule has 2 aliphatic rings. The summed E-state index contributed by atoms with van der Waals surface area (Å²) in [5, 5.41) is 0.883. The van der Waals surface area contributed by atoms with Gasteiger partial charge in [-0.3, -0.25) is 4.90 Å². The highest BCUT2D eigenvalue weighted by Crippen LogP contribution is 2.31. The Morgan fingerprint density at radius 1 is 1.32 bits per heavy atom. The van der Waals surface area contributed by atoms with Crippen LogP contribution in [0.2, 0.25) is 0 Å². The first-order valence-electron chi connectivity index (χ1n) is 7.17. The van der Waals surface area contributed by atoms with Crippen molar-refractivity contribution in [3.8, 4) is 0 Å². The third-order valence-corrected chi connectivity index (χ3v) is 5.36. The lowest BCUT2D eigenvalue weighted by molar-refractivity contribution is 0.254. The molecule has 3 nitrogen and oxygen atoms in total. The molecule has 4 heteroatoms. The van der Waals surface area contributed by atoms with E-state index >= 15 is 0 Å².